The van der Waals surface area contributed by atoms with Gasteiger partial charge in [0.15, 0.2) is 16.7 Å². The smallest absolute Gasteiger partial charge is 0.170 e. The van der Waals surface area contributed by atoms with E-state index >= 15 is 0 Å². The summed E-state index contributed by atoms with van der Waals surface area (Å²) in [7, 11) is 0. The van der Waals surface area contributed by atoms with Crippen LogP contribution in [0.25, 0.3) is 0 Å². The van der Waals surface area contributed by atoms with E-state index in [4.69, 9.17) is 12.2 Å². The van der Waals surface area contributed by atoms with Crippen molar-refractivity contribution in [1.29, 1.82) is 0 Å². The van der Waals surface area contributed by atoms with E-state index in [1.807, 2.05) is 11.8 Å². The van der Waals surface area contributed by atoms with Gasteiger partial charge in [-0.2, -0.15) is 11.8 Å². The molecule has 19 heavy (non-hydrogen) atoms. The Kier molecular flexibility index (Phi) is 6.00. The SMILES string of the molecule is CC(C)(C)SCCNC(=S)Nc1ccc(F)c(F)c1. The molecule has 6 heteroatoms. The standard InChI is InChI=1S/C13H18F2N2S2/c1-13(2,3)19-7-6-16-12(18)17-9-4-5-10(14)11(15)8-9/h4-5,8H,6-7H2,1-3H3,(H2,16,17,18). The number of thioether (sulfide) groups is 1. The Balaban J connectivity index is 2.33. The molecule has 0 aliphatic rings. The molecule has 0 aromatic heterocycles. The summed E-state index contributed by atoms with van der Waals surface area (Å²) in [6.07, 6.45) is 0. The molecule has 1 aromatic rings. The third kappa shape index (κ3) is 6.73. The van der Waals surface area contributed by atoms with Gasteiger partial charge in [-0.15, -0.1) is 0 Å². The van der Waals surface area contributed by atoms with Gasteiger partial charge in [-0.05, 0) is 24.4 Å². The fourth-order valence-corrected chi connectivity index (χ4v) is 2.31. The maximum atomic E-state index is 13.0. The van der Waals surface area contributed by atoms with Crippen LogP contribution in [-0.4, -0.2) is 22.2 Å². The lowest BCUT2D eigenvalue weighted by Gasteiger charge is -2.18. The van der Waals surface area contributed by atoms with Crippen LogP contribution < -0.4 is 10.6 Å². The third-order valence-electron chi connectivity index (χ3n) is 2.10. The molecule has 1 aromatic carbocycles. The van der Waals surface area contributed by atoms with Crippen LogP contribution in [0.2, 0.25) is 0 Å². The maximum Gasteiger partial charge on any atom is 0.170 e. The molecule has 0 spiro atoms. The van der Waals surface area contributed by atoms with Crippen molar-refractivity contribution < 1.29 is 8.78 Å². The second-order valence-electron chi connectivity index (χ2n) is 4.97. The highest BCUT2D eigenvalue weighted by Crippen LogP contribution is 2.22. The van der Waals surface area contributed by atoms with E-state index in [2.05, 4.69) is 31.4 Å². The van der Waals surface area contributed by atoms with Gasteiger partial charge < -0.3 is 10.6 Å². The first kappa shape index (κ1) is 16.2. The molecule has 0 saturated heterocycles. The van der Waals surface area contributed by atoms with Crippen molar-refractivity contribution in [3.8, 4) is 0 Å². The number of hydrogen-bond donors (Lipinski definition) is 2. The Morgan fingerprint density at radius 1 is 1.26 bits per heavy atom. The highest BCUT2D eigenvalue weighted by atomic mass is 32.2. The molecule has 0 fully saturated rings. The van der Waals surface area contributed by atoms with Crippen LogP contribution >= 0.6 is 24.0 Å². The monoisotopic (exact) mass is 304 g/mol. The first-order chi connectivity index (χ1) is 8.78. The summed E-state index contributed by atoms with van der Waals surface area (Å²) in [5.74, 6) is -0.842. The van der Waals surface area contributed by atoms with Crippen LogP contribution in [0.5, 0.6) is 0 Å². The second-order valence-corrected chi connectivity index (χ2v) is 7.30. The molecule has 0 bridgehead atoms. The molecular weight excluding hydrogens is 286 g/mol. The van der Waals surface area contributed by atoms with Crippen molar-refractivity contribution in [3.05, 3.63) is 29.8 Å². The summed E-state index contributed by atoms with van der Waals surface area (Å²) in [5, 5.41) is 6.24. The predicted molar refractivity (Wildman–Crippen MR) is 82.8 cm³/mol. The number of benzene rings is 1. The average molecular weight is 304 g/mol. The van der Waals surface area contributed by atoms with Gasteiger partial charge in [0.25, 0.3) is 0 Å². The van der Waals surface area contributed by atoms with Gasteiger partial charge in [-0.1, -0.05) is 20.8 Å². The van der Waals surface area contributed by atoms with Crippen molar-refractivity contribution in [2.24, 2.45) is 0 Å². The molecule has 0 aliphatic carbocycles. The Morgan fingerprint density at radius 3 is 2.53 bits per heavy atom. The number of anilines is 1. The molecule has 0 radical (unpaired) electrons. The minimum absolute atomic E-state index is 0.219. The molecule has 106 valence electrons. The first-order valence-electron chi connectivity index (χ1n) is 5.92. The van der Waals surface area contributed by atoms with Crippen LogP contribution in [0, 0.1) is 11.6 Å². The Bertz CT molecular complexity index is 445. The molecule has 0 heterocycles. The summed E-state index contributed by atoms with van der Waals surface area (Å²) in [5.41, 5.74) is 0.430. The molecule has 1 rings (SSSR count). The van der Waals surface area contributed by atoms with Crippen molar-refractivity contribution in [1.82, 2.24) is 5.32 Å². The first-order valence-corrected chi connectivity index (χ1v) is 7.31. The van der Waals surface area contributed by atoms with Gasteiger partial charge in [0.05, 0.1) is 0 Å². The minimum atomic E-state index is -0.893. The molecule has 2 nitrogen and oxygen atoms in total. The summed E-state index contributed by atoms with van der Waals surface area (Å²) in [4.78, 5) is 0. The maximum absolute atomic E-state index is 13.0. The molecule has 0 unspecified atom stereocenters. The van der Waals surface area contributed by atoms with Crippen molar-refractivity contribution in [3.63, 3.8) is 0 Å². The highest BCUT2D eigenvalue weighted by molar-refractivity contribution is 8.00. The lowest BCUT2D eigenvalue weighted by Crippen LogP contribution is -2.31. The lowest BCUT2D eigenvalue weighted by molar-refractivity contribution is 0.509. The van der Waals surface area contributed by atoms with E-state index in [1.54, 1.807) is 0 Å². The topological polar surface area (TPSA) is 24.1 Å². The number of rotatable bonds is 4. The van der Waals surface area contributed by atoms with E-state index < -0.39 is 11.6 Å². The van der Waals surface area contributed by atoms with Crippen LogP contribution in [0.4, 0.5) is 14.5 Å². The third-order valence-corrected chi connectivity index (χ3v) is 3.62. The number of halogens is 2. The van der Waals surface area contributed by atoms with Crippen molar-refractivity contribution >= 4 is 34.8 Å². The van der Waals surface area contributed by atoms with Gasteiger partial charge in [0.1, 0.15) is 0 Å². The van der Waals surface area contributed by atoms with E-state index in [-0.39, 0.29) is 4.75 Å². The van der Waals surface area contributed by atoms with Crippen molar-refractivity contribution in [2.45, 2.75) is 25.5 Å². The van der Waals surface area contributed by atoms with E-state index in [9.17, 15) is 8.78 Å². The van der Waals surface area contributed by atoms with Crippen LogP contribution in [0.15, 0.2) is 18.2 Å². The molecule has 0 saturated carbocycles. The van der Waals surface area contributed by atoms with E-state index in [1.165, 1.54) is 6.07 Å². The molecule has 0 aliphatic heterocycles. The summed E-state index contributed by atoms with van der Waals surface area (Å²) < 4.78 is 25.9. The summed E-state index contributed by atoms with van der Waals surface area (Å²) >= 11 is 6.90. The number of thiocarbonyl (C=S) groups is 1. The number of hydrogen-bond acceptors (Lipinski definition) is 2. The minimum Gasteiger partial charge on any atom is -0.362 e. The van der Waals surface area contributed by atoms with Crippen LogP contribution in [-0.2, 0) is 0 Å². The number of nitrogens with one attached hydrogen (secondary N) is 2. The average Bonchev–Trinajstić information content (AvgIpc) is 2.28. The van der Waals surface area contributed by atoms with Gasteiger partial charge in [0.2, 0.25) is 0 Å². The molecule has 2 N–H and O–H groups in total. The van der Waals surface area contributed by atoms with Crippen molar-refractivity contribution in [2.75, 3.05) is 17.6 Å². The molecular formula is C13H18F2N2S2. The van der Waals surface area contributed by atoms with E-state index in [0.717, 1.165) is 24.4 Å². The molecule has 0 atom stereocenters. The van der Waals surface area contributed by atoms with E-state index in [0.29, 0.717) is 10.8 Å². The van der Waals surface area contributed by atoms with Crippen LogP contribution in [0.1, 0.15) is 20.8 Å². The normalized spacial score (nSPS) is 11.2. The Morgan fingerprint density at radius 2 is 1.95 bits per heavy atom. The summed E-state index contributed by atoms with van der Waals surface area (Å²) in [6.45, 7) is 7.16. The fourth-order valence-electron chi connectivity index (χ4n) is 1.27. The lowest BCUT2D eigenvalue weighted by atomic mass is 10.3. The molecule has 0 amide bonds. The largest absolute Gasteiger partial charge is 0.362 e. The summed E-state index contributed by atoms with van der Waals surface area (Å²) in [6, 6.07) is 3.58. The van der Waals surface area contributed by atoms with Gasteiger partial charge in [-0.25, -0.2) is 8.78 Å². The predicted octanol–water partition coefficient (Wildman–Crippen LogP) is 3.78. The second kappa shape index (κ2) is 7.05. The van der Waals surface area contributed by atoms with Gasteiger partial charge in [0, 0.05) is 28.8 Å². The van der Waals surface area contributed by atoms with Gasteiger partial charge >= 0.3 is 0 Å². The zero-order chi connectivity index (χ0) is 14.5. The Labute approximate surface area is 122 Å². The highest BCUT2D eigenvalue weighted by Gasteiger charge is 2.09. The fraction of sp³-hybridized carbons (Fsp3) is 0.462. The zero-order valence-electron chi connectivity index (χ0n) is 11.2. The quantitative estimate of drug-likeness (QED) is 0.653. The van der Waals surface area contributed by atoms with Crippen LogP contribution in [0.3, 0.4) is 0 Å². The Hall–Kier alpha value is -0.880. The zero-order valence-corrected chi connectivity index (χ0v) is 12.9. The van der Waals surface area contributed by atoms with Gasteiger partial charge in [-0.3, -0.25) is 0 Å².